The first-order valence-electron chi connectivity index (χ1n) is 11.5. The molecule has 0 spiro atoms. The van der Waals surface area contributed by atoms with Gasteiger partial charge in [-0.3, -0.25) is 0 Å². The van der Waals surface area contributed by atoms with Crippen molar-refractivity contribution in [1.82, 2.24) is 0 Å². The van der Waals surface area contributed by atoms with E-state index in [-0.39, 0.29) is 11.4 Å². The molecule has 0 saturated heterocycles. The Morgan fingerprint density at radius 3 is 2.38 bits per heavy atom. The quantitative estimate of drug-likeness (QED) is 0.170. The van der Waals surface area contributed by atoms with Gasteiger partial charge in [-0.2, -0.15) is 5.26 Å². The zero-order valence-corrected chi connectivity index (χ0v) is 21.4. The van der Waals surface area contributed by atoms with Gasteiger partial charge in [-0.25, -0.2) is 4.99 Å². The molecule has 0 bridgehead atoms. The lowest BCUT2D eigenvalue weighted by Crippen LogP contribution is -2.00. The van der Waals surface area contributed by atoms with E-state index in [4.69, 9.17) is 22.7 Å². The standard InChI is InChI=1S/C29H21BrN2O5/c1-2-33-26-15-20(9-12-23(26)36-18-19-7-10-21(30)11-8-19)17-32-29-22(16-31)27(24-5-3-13-34-24)28(37-29)25-6-4-14-35-25/h3-15,17H,2,18H2,1H3. The second-order valence-electron chi connectivity index (χ2n) is 7.87. The van der Waals surface area contributed by atoms with Crippen LogP contribution >= 0.6 is 15.9 Å². The summed E-state index contributed by atoms with van der Waals surface area (Å²) in [6.45, 7) is 2.79. The lowest BCUT2D eigenvalue weighted by molar-refractivity contribution is 0.269. The highest BCUT2D eigenvalue weighted by Gasteiger charge is 2.26. The predicted octanol–water partition coefficient (Wildman–Crippen LogP) is 8.16. The average Bonchev–Trinajstić information content (AvgIpc) is 3.69. The van der Waals surface area contributed by atoms with Gasteiger partial charge in [0.15, 0.2) is 23.0 Å². The number of furan rings is 3. The molecule has 3 aromatic heterocycles. The van der Waals surface area contributed by atoms with Crippen molar-refractivity contribution in [3.05, 3.63) is 100 Å². The third kappa shape index (κ3) is 5.37. The number of rotatable bonds is 9. The van der Waals surface area contributed by atoms with E-state index in [0.717, 1.165) is 15.6 Å². The molecule has 7 nitrogen and oxygen atoms in total. The summed E-state index contributed by atoms with van der Waals surface area (Å²) in [5.41, 5.74) is 2.52. The van der Waals surface area contributed by atoms with Crippen molar-refractivity contribution in [3.63, 3.8) is 0 Å². The maximum Gasteiger partial charge on any atom is 0.238 e. The molecular weight excluding hydrogens is 536 g/mol. The van der Waals surface area contributed by atoms with Crippen LogP contribution in [-0.4, -0.2) is 12.8 Å². The monoisotopic (exact) mass is 556 g/mol. The molecule has 3 heterocycles. The van der Waals surface area contributed by atoms with Gasteiger partial charge in [0, 0.05) is 10.7 Å². The number of benzene rings is 2. The summed E-state index contributed by atoms with van der Waals surface area (Å²) in [7, 11) is 0. The van der Waals surface area contributed by atoms with Crippen molar-refractivity contribution in [2.75, 3.05) is 6.61 Å². The van der Waals surface area contributed by atoms with Crippen molar-refractivity contribution in [2.24, 2.45) is 4.99 Å². The molecule has 0 saturated carbocycles. The molecule has 184 valence electrons. The lowest BCUT2D eigenvalue weighted by atomic mass is 10.1. The maximum absolute atomic E-state index is 9.93. The minimum Gasteiger partial charge on any atom is -0.490 e. The highest BCUT2D eigenvalue weighted by atomic mass is 79.9. The molecule has 5 rings (SSSR count). The van der Waals surface area contributed by atoms with Crippen LogP contribution in [0.5, 0.6) is 11.5 Å². The fourth-order valence-electron chi connectivity index (χ4n) is 3.72. The van der Waals surface area contributed by atoms with Gasteiger partial charge in [0.1, 0.15) is 24.0 Å². The molecule has 0 unspecified atom stereocenters. The van der Waals surface area contributed by atoms with Gasteiger partial charge in [0.25, 0.3) is 0 Å². The molecule has 5 aromatic rings. The summed E-state index contributed by atoms with van der Waals surface area (Å²) in [6, 6.07) is 22.7. The highest BCUT2D eigenvalue weighted by molar-refractivity contribution is 9.10. The number of halogens is 1. The number of aliphatic imine (C=N–C) groups is 1. The van der Waals surface area contributed by atoms with E-state index in [1.54, 1.807) is 30.5 Å². The minimum atomic E-state index is 0.147. The van der Waals surface area contributed by atoms with Gasteiger partial charge >= 0.3 is 0 Å². The third-order valence-corrected chi connectivity index (χ3v) is 5.95. The van der Waals surface area contributed by atoms with Gasteiger partial charge in [-0.05, 0) is 72.6 Å². The van der Waals surface area contributed by atoms with Gasteiger partial charge in [0.2, 0.25) is 5.88 Å². The zero-order chi connectivity index (χ0) is 25.6. The molecule has 0 fully saturated rings. The first kappa shape index (κ1) is 24.2. The lowest BCUT2D eigenvalue weighted by Gasteiger charge is -2.12. The highest BCUT2D eigenvalue weighted by Crippen LogP contribution is 2.43. The molecule has 0 aliphatic carbocycles. The molecule has 37 heavy (non-hydrogen) atoms. The Morgan fingerprint density at radius 2 is 1.70 bits per heavy atom. The minimum absolute atomic E-state index is 0.147. The van der Waals surface area contributed by atoms with Crippen LogP contribution in [0.25, 0.3) is 22.8 Å². The van der Waals surface area contributed by atoms with Crippen LogP contribution in [0.15, 0.2) is 102 Å². The fourth-order valence-corrected chi connectivity index (χ4v) is 3.98. The second-order valence-corrected chi connectivity index (χ2v) is 8.78. The Labute approximate surface area is 221 Å². The summed E-state index contributed by atoms with van der Waals surface area (Å²) in [4.78, 5) is 4.48. The Bertz CT molecular complexity index is 1540. The van der Waals surface area contributed by atoms with Crippen LogP contribution in [-0.2, 0) is 6.61 Å². The van der Waals surface area contributed by atoms with E-state index in [1.807, 2.05) is 49.4 Å². The first-order chi connectivity index (χ1) is 18.2. The van der Waals surface area contributed by atoms with Crippen LogP contribution in [0.1, 0.15) is 23.6 Å². The van der Waals surface area contributed by atoms with Gasteiger partial charge in [-0.1, -0.05) is 28.1 Å². The van der Waals surface area contributed by atoms with E-state index in [1.165, 1.54) is 12.5 Å². The molecule has 8 heteroatoms. The van der Waals surface area contributed by atoms with Gasteiger partial charge < -0.3 is 22.7 Å². The fraction of sp³-hybridized carbons (Fsp3) is 0.103. The third-order valence-electron chi connectivity index (χ3n) is 5.42. The normalized spacial score (nSPS) is 11.1. The predicted molar refractivity (Wildman–Crippen MR) is 142 cm³/mol. The summed E-state index contributed by atoms with van der Waals surface area (Å²) in [5, 5.41) is 9.93. The maximum atomic E-state index is 9.93. The number of hydrogen-bond acceptors (Lipinski definition) is 7. The van der Waals surface area contributed by atoms with Crippen LogP contribution in [0, 0.1) is 11.3 Å². The Balaban J connectivity index is 1.44. The number of nitrogens with zero attached hydrogens (tertiary/aromatic N) is 2. The Kier molecular flexibility index (Phi) is 7.24. The molecule has 0 aliphatic heterocycles. The van der Waals surface area contributed by atoms with Crippen LogP contribution in [0.3, 0.4) is 0 Å². The molecule has 0 amide bonds. The first-order valence-corrected chi connectivity index (χ1v) is 12.3. The zero-order valence-electron chi connectivity index (χ0n) is 19.8. The summed E-state index contributed by atoms with van der Waals surface area (Å²) >= 11 is 3.44. The van der Waals surface area contributed by atoms with E-state index in [2.05, 4.69) is 27.0 Å². The van der Waals surface area contributed by atoms with Crippen LogP contribution in [0.4, 0.5) is 5.88 Å². The topological polar surface area (TPSA) is 94.0 Å². The average molecular weight is 557 g/mol. The van der Waals surface area contributed by atoms with Crippen molar-refractivity contribution < 1.29 is 22.7 Å². The summed E-state index contributed by atoms with van der Waals surface area (Å²) in [5.74, 6) is 2.69. The SMILES string of the molecule is CCOc1cc(C=Nc2oc(-c3ccco3)c(-c3ccco3)c2C#N)ccc1OCc1ccc(Br)cc1. The smallest absolute Gasteiger partial charge is 0.238 e. The summed E-state index contributed by atoms with van der Waals surface area (Å²) in [6.07, 6.45) is 4.68. The van der Waals surface area contributed by atoms with E-state index in [9.17, 15) is 5.26 Å². The van der Waals surface area contributed by atoms with Crippen LogP contribution < -0.4 is 9.47 Å². The number of ether oxygens (including phenoxy) is 2. The van der Waals surface area contributed by atoms with Crippen LogP contribution in [0.2, 0.25) is 0 Å². The second kappa shape index (κ2) is 11.1. The number of nitriles is 1. The summed E-state index contributed by atoms with van der Waals surface area (Å²) < 4.78 is 29.9. The molecule has 0 atom stereocenters. The van der Waals surface area contributed by atoms with Gasteiger partial charge in [0.05, 0.1) is 24.7 Å². The molecule has 0 radical (unpaired) electrons. The van der Waals surface area contributed by atoms with Crippen molar-refractivity contribution in [3.8, 4) is 40.4 Å². The van der Waals surface area contributed by atoms with E-state index < -0.39 is 0 Å². The molecular formula is C29H21BrN2O5. The largest absolute Gasteiger partial charge is 0.490 e. The molecule has 0 aliphatic rings. The van der Waals surface area contributed by atoms with Gasteiger partial charge in [-0.15, -0.1) is 0 Å². The van der Waals surface area contributed by atoms with Crippen molar-refractivity contribution in [1.29, 1.82) is 5.26 Å². The Morgan fingerprint density at radius 1 is 0.946 bits per heavy atom. The molecule has 0 N–H and O–H groups in total. The van der Waals surface area contributed by atoms with E-state index >= 15 is 0 Å². The molecule has 2 aromatic carbocycles. The number of hydrogen-bond donors (Lipinski definition) is 0. The Hall–Kier alpha value is -4.48. The van der Waals surface area contributed by atoms with E-state index in [0.29, 0.717) is 47.6 Å². The van der Waals surface area contributed by atoms with Crippen molar-refractivity contribution >= 4 is 28.0 Å². The van der Waals surface area contributed by atoms with Crippen molar-refractivity contribution in [2.45, 2.75) is 13.5 Å².